The normalized spacial score (nSPS) is 17.3. The highest BCUT2D eigenvalue weighted by Crippen LogP contribution is 2.21. The molecule has 2 saturated heterocycles. The van der Waals surface area contributed by atoms with Gasteiger partial charge in [-0.2, -0.15) is 5.10 Å². The minimum atomic E-state index is -3.30. The molecular formula is C29H38N6O10S. The number of likely N-dealkylation sites (tertiary alicyclic amines) is 1. The van der Waals surface area contributed by atoms with Gasteiger partial charge in [-0.3, -0.25) is 19.2 Å². The molecule has 2 aliphatic heterocycles. The van der Waals surface area contributed by atoms with Crippen molar-refractivity contribution in [2.24, 2.45) is 0 Å². The van der Waals surface area contributed by atoms with Crippen molar-refractivity contribution in [3.63, 3.8) is 0 Å². The molecule has 0 bridgehead atoms. The fourth-order valence-corrected chi connectivity index (χ4v) is 6.15. The molecule has 2 aliphatic rings. The van der Waals surface area contributed by atoms with E-state index in [1.54, 1.807) is 37.3 Å². The van der Waals surface area contributed by atoms with Crippen LogP contribution in [0.5, 0.6) is 5.88 Å². The topological polar surface area (TPSA) is 198 Å². The number of rotatable bonds is 12. The molecule has 16 nitrogen and oxygen atoms in total. The number of carboxylic acid groups (broad SMARTS) is 1. The second-order valence-corrected chi connectivity index (χ2v) is 13.3. The zero-order valence-electron chi connectivity index (χ0n) is 25.7. The summed E-state index contributed by atoms with van der Waals surface area (Å²) in [5.41, 5.74) is 0.366. The summed E-state index contributed by atoms with van der Waals surface area (Å²) in [5.74, 6) is -2.79. The van der Waals surface area contributed by atoms with Gasteiger partial charge in [0.2, 0.25) is 11.8 Å². The quantitative estimate of drug-likeness (QED) is 0.314. The summed E-state index contributed by atoms with van der Waals surface area (Å²) in [4.78, 5) is 67.4. The first-order valence-corrected chi connectivity index (χ1v) is 16.8. The first-order chi connectivity index (χ1) is 21.9. The van der Waals surface area contributed by atoms with Crippen LogP contribution in [0.1, 0.15) is 36.7 Å². The molecule has 3 heterocycles. The third-order valence-corrected chi connectivity index (χ3v) is 9.32. The summed E-state index contributed by atoms with van der Waals surface area (Å²) >= 11 is 0. The maximum Gasteiger partial charge on any atom is 0.409 e. The van der Waals surface area contributed by atoms with Gasteiger partial charge in [0.1, 0.15) is 6.04 Å². The van der Waals surface area contributed by atoms with Crippen LogP contribution in [-0.4, -0.2) is 138 Å². The van der Waals surface area contributed by atoms with Gasteiger partial charge in [-0.05, 0) is 31.9 Å². The number of hydrogen-bond donors (Lipinski definition) is 2. The highest BCUT2D eigenvalue weighted by Gasteiger charge is 2.34. The van der Waals surface area contributed by atoms with E-state index in [9.17, 15) is 37.5 Å². The fourth-order valence-electron chi connectivity index (χ4n) is 5.17. The van der Waals surface area contributed by atoms with Crippen LogP contribution in [-0.2, 0) is 29.0 Å². The number of carbonyl (C=O) groups is 5. The second kappa shape index (κ2) is 15.1. The van der Waals surface area contributed by atoms with Gasteiger partial charge in [-0.1, -0.05) is 18.2 Å². The molecule has 0 radical (unpaired) electrons. The van der Waals surface area contributed by atoms with E-state index < -0.39 is 57.5 Å². The van der Waals surface area contributed by atoms with E-state index >= 15 is 0 Å². The molecule has 4 rings (SSSR count). The standard InChI is InChI=1S/C29H38N6O10S/c1-3-44-29(41)33-15-13-32(14-16-33)28(40)22(9-10-26(37)38)30-27(39)23-17-25(35(31-23)20-7-5-4-6-8-20)45-19-24(36)34-12-11-21(18-34)46(2,42)43/h4-8,17,21-22H,3,9-16,18-19H2,1-2H3,(H,30,39)(H,37,38). The zero-order valence-corrected chi connectivity index (χ0v) is 26.5. The number of carboxylic acids is 1. The Kier molecular flexibility index (Phi) is 11.2. The number of nitrogens with zero attached hydrogens (tertiary/aromatic N) is 5. The molecule has 1 aromatic carbocycles. The van der Waals surface area contributed by atoms with Crippen LogP contribution in [0.4, 0.5) is 4.79 Å². The van der Waals surface area contributed by atoms with Crippen LogP contribution in [0.25, 0.3) is 5.69 Å². The fraction of sp³-hybridized carbons (Fsp3) is 0.517. The van der Waals surface area contributed by atoms with E-state index in [4.69, 9.17) is 9.47 Å². The van der Waals surface area contributed by atoms with Gasteiger partial charge in [0, 0.05) is 58.0 Å². The number of para-hydroxylation sites is 1. The van der Waals surface area contributed by atoms with E-state index in [0.29, 0.717) is 12.1 Å². The number of amides is 4. The molecule has 4 amide bonds. The molecule has 1 aromatic heterocycles. The number of benzene rings is 1. The Bertz CT molecular complexity index is 1540. The predicted octanol–water partition coefficient (Wildman–Crippen LogP) is 0.161. The third-order valence-electron chi connectivity index (χ3n) is 7.72. The first kappa shape index (κ1) is 34.2. The smallest absolute Gasteiger partial charge is 0.409 e. The van der Waals surface area contributed by atoms with Crippen LogP contribution >= 0.6 is 0 Å². The van der Waals surface area contributed by atoms with Crippen molar-refractivity contribution < 1.29 is 47.0 Å². The number of sulfone groups is 1. The summed E-state index contributed by atoms with van der Waals surface area (Å²) in [6, 6.07) is 8.78. The Morgan fingerprint density at radius 3 is 2.30 bits per heavy atom. The zero-order chi connectivity index (χ0) is 33.4. The SMILES string of the molecule is CCOC(=O)N1CCN(C(=O)C(CCC(=O)O)NC(=O)c2cc(OCC(=O)N3CCC(S(C)(=O)=O)C3)n(-c3ccccc3)n2)CC1. The first-order valence-electron chi connectivity index (χ1n) is 14.9. The van der Waals surface area contributed by atoms with Gasteiger partial charge in [0.15, 0.2) is 22.1 Å². The lowest BCUT2D eigenvalue weighted by Crippen LogP contribution is -2.56. The van der Waals surface area contributed by atoms with Crippen LogP contribution in [0.15, 0.2) is 36.4 Å². The number of aliphatic carboxylic acids is 1. The molecular weight excluding hydrogens is 624 g/mol. The van der Waals surface area contributed by atoms with Gasteiger partial charge in [-0.15, -0.1) is 0 Å². The van der Waals surface area contributed by atoms with Gasteiger partial charge >= 0.3 is 12.1 Å². The summed E-state index contributed by atoms with van der Waals surface area (Å²) in [7, 11) is -3.30. The van der Waals surface area contributed by atoms with E-state index in [1.165, 1.54) is 25.4 Å². The number of carbonyl (C=O) groups excluding carboxylic acids is 4. The molecule has 0 saturated carbocycles. The monoisotopic (exact) mass is 662 g/mol. The average Bonchev–Trinajstić information content (AvgIpc) is 3.71. The molecule has 0 aliphatic carbocycles. The van der Waals surface area contributed by atoms with Crippen LogP contribution in [0.2, 0.25) is 0 Å². The maximum absolute atomic E-state index is 13.4. The van der Waals surface area contributed by atoms with Crippen molar-refractivity contribution in [1.82, 2.24) is 29.8 Å². The van der Waals surface area contributed by atoms with E-state index in [0.717, 1.165) is 6.26 Å². The highest BCUT2D eigenvalue weighted by atomic mass is 32.2. The second-order valence-electron chi connectivity index (χ2n) is 11.0. The third kappa shape index (κ3) is 8.74. The Hall–Kier alpha value is -4.67. The summed E-state index contributed by atoms with van der Waals surface area (Å²) in [5, 5.41) is 15.6. The van der Waals surface area contributed by atoms with Crippen molar-refractivity contribution in [3.8, 4) is 11.6 Å². The predicted molar refractivity (Wildman–Crippen MR) is 162 cm³/mol. The van der Waals surface area contributed by atoms with E-state index in [1.807, 2.05) is 0 Å². The molecule has 17 heteroatoms. The lowest BCUT2D eigenvalue weighted by atomic mass is 10.1. The van der Waals surface area contributed by atoms with Crippen molar-refractivity contribution in [1.29, 1.82) is 0 Å². The van der Waals surface area contributed by atoms with Crippen LogP contribution < -0.4 is 10.1 Å². The summed E-state index contributed by atoms with van der Waals surface area (Å²) in [6.07, 6.45) is 0.418. The van der Waals surface area contributed by atoms with E-state index in [2.05, 4.69) is 10.4 Å². The number of nitrogens with one attached hydrogen (secondary N) is 1. The highest BCUT2D eigenvalue weighted by molar-refractivity contribution is 7.91. The summed E-state index contributed by atoms with van der Waals surface area (Å²) in [6.45, 7) is 2.60. The molecule has 2 fully saturated rings. The molecule has 2 aromatic rings. The molecule has 2 N–H and O–H groups in total. The van der Waals surface area contributed by atoms with Gasteiger partial charge < -0.3 is 34.6 Å². The number of hydrogen-bond acceptors (Lipinski definition) is 10. The number of piperazine rings is 1. The Balaban J connectivity index is 1.48. The molecule has 250 valence electrons. The Labute approximate surface area is 266 Å². The van der Waals surface area contributed by atoms with E-state index in [-0.39, 0.29) is 70.3 Å². The van der Waals surface area contributed by atoms with Crippen LogP contribution in [0, 0.1) is 0 Å². The minimum Gasteiger partial charge on any atom is -0.481 e. The Morgan fingerprint density at radius 1 is 1.02 bits per heavy atom. The number of aromatic nitrogens is 2. The average molecular weight is 663 g/mol. The van der Waals surface area contributed by atoms with Crippen molar-refractivity contribution in [2.75, 3.05) is 58.7 Å². The van der Waals surface area contributed by atoms with Gasteiger partial charge in [-0.25, -0.2) is 17.9 Å². The molecule has 0 spiro atoms. The van der Waals surface area contributed by atoms with Crippen molar-refractivity contribution >= 4 is 39.6 Å². The maximum atomic E-state index is 13.4. The lowest BCUT2D eigenvalue weighted by molar-refractivity contribution is -0.138. The van der Waals surface area contributed by atoms with Crippen molar-refractivity contribution in [2.45, 2.75) is 37.5 Å². The lowest BCUT2D eigenvalue weighted by Gasteiger charge is -2.35. The molecule has 2 unspecified atom stereocenters. The van der Waals surface area contributed by atoms with Gasteiger partial charge in [0.25, 0.3) is 11.8 Å². The Morgan fingerprint density at radius 2 is 1.70 bits per heavy atom. The minimum absolute atomic E-state index is 0.0482. The number of ether oxygens (including phenoxy) is 2. The van der Waals surface area contributed by atoms with Crippen molar-refractivity contribution in [3.05, 3.63) is 42.1 Å². The van der Waals surface area contributed by atoms with Gasteiger partial charge in [0.05, 0.1) is 17.5 Å². The summed E-state index contributed by atoms with van der Waals surface area (Å²) < 4.78 is 35.9. The largest absolute Gasteiger partial charge is 0.481 e. The molecule has 2 atom stereocenters. The molecule has 46 heavy (non-hydrogen) atoms. The van der Waals surface area contributed by atoms with Crippen LogP contribution in [0.3, 0.4) is 0 Å².